The minimum absolute atomic E-state index is 0.0362. The Morgan fingerprint density at radius 2 is 1.82 bits per heavy atom. The summed E-state index contributed by atoms with van der Waals surface area (Å²) in [5, 5.41) is 25.4. The van der Waals surface area contributed by atoms with Crippen molar-refractivity contribution in [1.29, 1.82) is 0 Å². The van der Waals surface area contributed by atoms with Gasteiger partial charge in [0.1, 0.15) is 11.6 Å². The second-order valence-electron chi connectivity index (χ2n) is 7.03. The summed E-state index contributed by atoms with van der Waals surface area (Å²) in [6.07, 6.45) is -1.17. The summed E-state index contributed by atoms with van der Waals surface area (Å²) in [6.45, 7) is 5.18. The Morgan fingerprint density at radius 3 is 2.32 bits per heavy atom. The molecule has 0 saturated heterocycles. The van der Waals surface area contributed by atoms with Gasteiger partial charge in [0.05, 0.1) is 0 Å². The summed E-state index contributed by atoms with van der Waals surface area (Å²) in [5.74, 6) is -1.65. The number of amidine groups is 1. The molecule has 1 rings (SSSR count). The minimum Gasteiger partial charge on any atom is -0.481 e. The average Bonchev–Trinajstić information content (AvgIpc) is 2.61. The van der Waals surface area contributed by atoms with Gasteiger partial charge < -0.3 is 31.4 Å². The number of amides is 2. The standard InChI is InChI=1S/C18H26N4O6/c1-18(2,3)28-17(26)21-13(8-9-14(23)24)16(25)20-10-11-4-6-12(7-5-11)15(19)22-27/h4-7,13,27H,8-10H2,1-3H3,(H2,19,22)(H,20,25)(H,21,26)(H,23,24)/t13-/m0/s1. The van der Waals surface area contributed by atoms with Crippen LogP contribution in [0.3, 0.4) is 0 Å². The Labute approximate surface area is 162 Å². The van der Waals surface area contributed by atoms with Gasteiger partial charge in [-0.25, -0.2) is 4.79 Å². The first-order valence-electron chi connectivity index (χ1n) is 8.57. The fourth-order valence-electron chi connectivity index (χ4n) is 2.15. The first kappa shape index (κ1) is 22.7. The van der Waals surface area contributed by atoms with Crippen LogP contribution >= 0.6 is 0 Å². The lowest BCUT2D eigenvalue weighted by Gasteiger charge is -2.23. The lowest BCUT2D eigenvalue weighted by atomic mass is 10.1. The number of aliphatic carboxylic acids is 1. The third-order valence-corrected chi connectivity index (χ3v) is 3.48. The summed E-state index contributed by atoms with van der Waals surface area (Å²) >= 11 is 0. The maximum Gasteiger partial charge on any atom is 0.408 e. The molecule has 0 unspecified atom stereocenters. The van der Waals surface area contributed by atoms with Crippen LogP contribution in [0.15, 0.2) is 29.4 Å². The van der Waals surface area contributed by atoms with Crippen LogP contribution in [0.1, 0.15) is 44.7 Å². The Morgan fingerprint density at radius 1 is 1.21 bits per heavy atom. The van der Waals surface area contributed by atoms with E-state index in [4.69, 9.17) is 20.8 Å². The van der Waals surface area contributed by atoms with Crippen LogP contribution in [0.25, 0.3) is 0 Å². The molecule has 0 saturated carbocycles. The number of carbonyl (C=O) groups excluding carboxylic acids is 2. The minimum atomic E-state index is -1.08. The first-order valence-corrected chi connectivity index (χ1v) is 8.57. The summed E-state index contributed by atoms with van der Waals surface area (Å²) in [5.41, 5.74) is 5.98. The van der Waals surface area contributed by atoms with Gasteiger partial charge in [0.25, 0.3) is 0 Å². The molecule has 0 bridgehead atoms. The van der Waals surface area contributed by atoms with E-state index in [1.807, 2.05) is 0 Å². The molecule has 154 valence electrons. The molecule has 0 aromatic heterocycles. The van der Waals surface area contributed by atoms with E-state index in [1.165, 1.54) is 0 Å². The highest BCUT2D eigenvalue weighted by Crippen LogP contribution is 2.09. The van der Waals surface area contributed by atoms with Crippen molar-refractivity contribution >= 4 is 23.8 Å². The second kappa shape index (κ2) is 10.1. The molecule has 10 heteroatoms. The molecule has 28 heavy (non-hydrogen) atoms. The number of benzene rings is 1. The summed E-state index contributed by atoms with van der Waals surface area (Å²) in [6, 6.07) is 5.55. The molecule has 0 aliphatic carbocycles. The van der Waals surface area contributed by atoms with Crippen molar-refractivity contribution in [3.05, 3.63) is 35.4 Å². The number of alkyl carbamates (subject to hydrolysis) is 1. The number of hydrogen-bond donors (Lipinski definition) is 5. The maximum absolute atomic E-state index is 12.4. The van der Waals surface area contributed by atoms with Crippen molar-refractivity contribution < 1.29 is 29.4 Å². The van der Waals surface area contributed by atoms with Crippen LogP contribution in [0.5, 0.6) is 0 Å². The van der Waals surface area contributed by atoms with Crippen LogP contribution < -0.4 is 16.4 Å². The van der Waals surface area contributed by atoms with Gasteiger partial charge >= 0.3 is 12.1 Å². The number of nitrogens with zero attached hydrogens (tertiary/aromatic N) is 1. The number of ether oxygens (including phenoxy) is 1. The van der Waals surface area contributed by atoms with Gasteiger partial charge in [-0.3, -0.25) is 9.59 Å². The quantitative estimate of drug-likeness (QED) is 0.191. The summed E-state index contributed by atoms with van der Waals surface area (Å²) < 4.78 is 5.11. The molecule has 1 aromatic carbocycles. The highest BCUT2D eigenvalue weighted by atomic mass is 16.6. The van der Waals surface area contributed by atoms with Gasteiger partial charge in [-0.2, -0.15) is 0 Å². The SMILES string of the molecule is CC(C)(C)OC(=O)N[C@@H](CCC(=O)O)C(=O)NCc1ccc(/C(N)=N/O)cc1. The van der Waals surface area contributed by atoms with Crippen LogP contribution in [-0.4, -0.2) is 45.8 Å². The normalized spacial score (nSPS) is 12.8. The number of hydrogen-bond acceptors (Lipinski definition) is 6. The van der Waals surface area contributed by atoms with Crippen LogP contribution in [0, 0.1) is 0 Å². The largest absolute Gasteiger partial charge is 0.481 e. The topological polar surface area (TPSA) is 163 Å². The number of carboxylic acid groups (broad SMARTS) is 1. The Bertz CT molecular complexity index is 725. The lowest BCUT2D eigenvalue weighted by molar-refractivity contribution is -0.137. The zero-order valence-corrected chi connectivity index (χ0v) is 16.1. The van der Waals surface area contributed by atoms with E-state index in [0.717, 1.165) is 5.56 Å². The van der Waals surface area contributed by atoms with E-state index < -0.39 is 29.6 Å². The van der Waals surface area contributed by atoms with E-state index in [9.17, 15) is 14.4 Å². The number of rotatable bonds is 8. The number of nitrogens with two attached hydrogens (primary N) is 1. The molecular formula is C18H26N4O6. The molecule has 1 atom stereocenters. The van der Waals surface area contributed by atoms with Gasteiger partial charge in [0, 0.05) is 18.5 Å². The Hall–Kier alpha value is -3.30. The fourth-order valence-corrected chi connectivity index (χ4v) is 2.15. The molecule has 0 fully saturated rings. The molecule has 0 radical (unpaired) electrons. The smallest absolute Gasteiger partial charge is 0.408 e. The van der Waals surface area contributed by atoms with E-state index in [-0.39, 0.29) is 25.2 Å². The molecule has 0 aliphatic heterocycles. The van der Waals surface area contributed by atoms with Gasteiger partial charge in [-0.1, -0.05) is 29.4 Å². The van der Waals surface area contributed by atoms with Crippen molar-refractivity contribution in [2.24, 2.45) is 10.9 Å². The zero-order valence-electron chi connectivity index (χ0n) is 16.1. The number of carbonyl (C=O) groups is 3. The predicted octanol–water partition coefficient (Wildman–Crippen LogP) is 1.16. The van der Waals surface area contributed by atoms with E-state index in [1.54, 1.807) is 45.0 Å². The molecule has 10 nitrogen and oxygen atoms in total. The van der Waals surface area contributed by atoms with Crippen molar-refractivity contribution in [3.63, 3.8) is 0 Å². The van der Waals surface area contributed by atoms with Crippen molar-refractivity contribution in [2.75, 3.05) is 0 Å². The average molecular weight is 394 g/mol. The Kier molecular flexibility index (Phi) is 8.24. The van der Waals surface area contributed by atoms with E-state index in [0.29, 0.717) is 5.56 Å². The van der Waals surface area contributed by atoms with E-state index >= 15 is 0 Å². The number of carboxylic acids is 1. The number of nitrogens with one attached hydrogen (secondary N) is 2. The fraction of sp³-hybridized carbons (Fsp3) is 0.444. The van der Waals surface area contributed by atoms with E-state index in [2.05, 4.69) is 15.8 Å². The molecule has 2 amide bonds. The van der Waals surface area contributed by atoms with Crippen LogP contribution in [0.4, 0.5) is 4.79 Å². The lowest BCUT2D eigenvalue weighted by Crippen LogP contribution is -2.48. The number of oxime groups is 1. The monoisotopic (exact) mass is 394 g/mol. The van der Waals surface area contributed by atoms with Crippen molar-refractivity contribution in [2.45, 2.75) is 51.8 Å². The molecule has 0 spiro atoms. The van der Waals surface area contributed by atoms with Crippen LogP contribution in [0.2, 0.25) is 0 Å². The third kappa shape index (κ3) is 8.39. The predicted molar refractivity (Wildman–Crippen MR) is 101 cm³/mol. The van der Waals surface area contributed by atoms with Gasteiger partial charge in [-0.15, -0.1) is 0 Å². The van der Waals surface area contributed by atoms with Gasteiger partial charge in [0.2, 0.25) is 5.91 Å². The third-order valence-electron chi connectivity index (χ3n) is 3.48. The van der Waals surface area contributed by atoms with Crippen LogP contribution in [-0.2, 0) is 20.9 Å². The zero-order chi connectivity index (χ0) is 21.3. The molecular weight excluding hydrogens is 368 g/mol. The highest BCUT2D eigenvalue weighted by molar-refractivity contribution is 5.97. The molecule has 6 N–H and O–H groups in total. The molecule has 0 aliphatic rings. The Balaban J connectivity index is 2.71. The van der Waals surface area contributed by atoms with Crippen molar-refractivity contribution in [3.8, 4) is 0 Å². The summed E-state index contributed by atoms with van der Waals surface area (Å²) in [7, 11) is 0. The molecule has 0 heterocycles. The first-order chi connectivity index (χ1) is 13.0. The molecule has 1 aromatic rings. The summed E-state index contributed by atoms with van der Waals surface area (Å²) in [4.78, 5) is 35.1. The maximum atomic E-state index is 12.4. The van der Waals surface area contributed by atoms with Gasteiger partial charge in [-0.05, 0) is 32.8 Å². The highest BCUT2D eigenvalue weighted by Gasteiger charge is 2.24. The van der Waals surface area contributed by atoms with Crippen molar-refractivity contribution in [1.82, 2.24) is 10.6 Å². The van der Waals surface area contributed by atoms with Gasteiger partial charge in [0.15, 0.2) is 5.84 Å². The second-order valence-corrected chi connectivity index (χ2v) is 7.03.